The van der Waals surface area contributed by atoms with Gasteiger partial charge in [-0.3, -0.25) is 0 Å². The molecule has 0 aromatic carbocycles. The van der Waals surface area contributed by atoms with E-state index >= 15 is 0 Å². The summed E-state index contributed by atoms with van der Waals surface area (Å²) in [4.78, 5) is 17.1. The van der Waals surface area contributed by atoms with Crippen LogP contribution >= 0.6 is 22.7 Å². The first-order chi connectivity index (χ1) is 11.2. The topological polar surface area (TPSA) is 60.3 Å². The summed E-state index contributed by atoms with van der Waals surface area (Å²) < 4.78 is 5.59. The zero-order chi connectivity index (χ0) is 16.2. The molecule has 3 aromatic heterocycles. The van der Waals surface area contributed by atoms with E-state index in [4.69, 9.17) is 4.74 Å². The van der Waals surface area contributed by atoms with Gasteiger partial charge in [-0.25, -0.2) is 19.9 Å². The van der Waals surface area contributed by atoms with Crippen LogP contribution in [0.4, 0.5) is 5.13 Å². The molecule has 0 aliphatic heterocycles. The maximum atomic E-state index is 5.59. The minimum Gasteiger partial charge on any atom is -0.477 e. The van der Waals surface area contributed by atoms with Crippen molar-refractivity contribution in [2.75, 3.05) is 6.61 Å². The number of rotatable bonds is 6. The molecule has 0 aliphatic carbocycles. The second-order valence-corrected chi connectivity index (χ2v) is 7.00. The van der Waals surface area contributed by atoms with Crippen molar-refractivity contribution in [2.45, 2.75) is 13.8 Å². The van der Waals surface area contributed by atoms with Crippen LogP contribution in [0, 0.1) is 5.92 Å². The number of hydrogen-bond acceptors (Lipinski definition) is 7. The number of ether oxygens (including phenoxy) is 1. The van der Waals surface area contributed by atoms with E-state index < -0.39 is 0 Å². The molecule has 3 rings (SSSR count). The van der Waals surface area contributed by atoms with Crippen LogP contribution in [-0.2, 0) is 0 Å². The number of nitrogens with zero attached hydrogens (tertiary/aromatic N) is 4. The molecule has 0 saturated heterocycles. The maximum Gasteiger partial charge on any atom is 0.213 e. The van der Waals surface area contributed by atoms with Crippen LogP contribution in [0.15, 0.2) is 34.1 Å². The Hall–Kier alpha value is -2.12. The summed E-state index contributed by atoms with van der Waals surface area (Å²) in [6.07, 6.45) is 1.79. The largest absolute Gasteiger partial charge is 0.477 e. The number of aliphatic imine (C=N–C) groups is 1. The summed E-state index contributed by atoms with van der Waals surface area (Å²) in [5.74, 6) is 1.12. The summed E-state index contributed by atoms with van der Waals surface area (Å²) >= 11 is 3.02. The second kappa shape index (κ2) is 6.97. The van der Waals surface area contributed by atoms with Crippen molar-refractivity contribution in [3.63, 3.8) is 0 Å². The van der Waals surface area contributed by atoms with E-state index in [1.165, 1.54) is 11.3 Å². The fourth-order valence-electron chi connectivity index (χ4n) is 1.82. The number of pyridine rings is 1. The van der Waals surface area contributed by atoms with Crippen molar-refractivity contribution in [1.29, 1.82) is 0 Å². The van der Waals surface area contributed by atoms with E-state index in [1.807, 2.05) is 22.9 Å². The van der Waals surface area contributed by atoms with Gasteiger partial charge in [0.05, 0.1) is 6.61 Å². The van der Waals surface area contributed by atoms with Crippen molar-refractivity contribution in [3.8, 4) is 27.8 Å². The molecule has 0 N–H and O–H groups in total. The van der Waals surface area contributed by atoms with E-state index in [-0.39, 0.29) is 0 Å². The lowest BCUT2D eigenvalue weighted by molar-refractivity contribution is 0.261. The Morgan fingerprint density at radius 3 is 2.61 bits per heavy atom. The molecular weight excluding hydrogens is 328 g/mol. The molecule has 3 aromatic rings. The molecular formula is C16H16N4OS2. The third-order valence-electron chi connectivity index (χ3n) is 2.94. The smallest absolute Gasteiger partial charge is 0.213 e. The van der Waals surface area contributed by atoms with Gasteiger partial charge in [-0.1, -0.05) is 13.8 Å². The van der Waals surface area contributed by atoms with Crippen LogP contribution in [-0.4, -0.2) is 28.3 Å². The molecule has 3 heterocycles. The highest BCUT2D eigenvalue weighted by molar-refractivity contribution is 7.14. The van der Waals surface area contributed by atoms with Gasteiger partial charge in [-0.05, 0) is 18.7 Å². The number of thiazole rings is 2. The molecule has 0 aliphatic rings. The van der Waals surface area contributed by atoms with Gasteiger partial charge >= 0.3 is 0 Å². The van der Waals surface area contributed by atoms with Crippen LogP contribution < -0.4 is 4.74 Å². The normalized spacial score (nSPS) is 10.9. The minimum absolute atomic E-state index is 0.478. The lowest BCUT2D eigenvalue weighted by Gasteiger charge is -2.07. The lowest BCUT2D eigenvalue weighted by Crippen LogP contribution is -2.05. The summed E-state index contributed by atoms with van der Waals surface area (Å²) in [7, 11) is 0. The van der Waals surface area contributed by atoms with Crippen molar-refractivity contribution in [3.05, 3.63) is 29.1 Å². The Morgan fingerprint density at radius 1 is 1.17 bits per heavy atom. The number of aromatic nitrogens is 3. The molecule has 0 amide bonds. The summed E-state index contributed by atoms with van der Waals surface area (Å²) in [5, 5.41) is 5.48. The molecule has 0 saturated carbocycles. The predicted molar refractivity (Wildman–Crippen MR) is 96.0 cm³/mol. The fraction of sp³-hybridized carbons (Fsp3) is 0.250. The van der Waals surface area contributed by atoms with Crippen molar-refractivity contribution < 1.29 is 4.74 Å². The van der Waals surface area contributed by atoms with Crippen molar-refractivity contribution in [2.24, 2.45) is 10.9 Å². The van der Waals surface area contributed by atoms with Crippen LogP contribution in [0.5, 0.6) is 5.88 Å². The average molecular weight is 344 g/mol. The molecule has 0 atom stereocenters. The standard InChI is InChI=1S/C16H16N4OS2/c1-10(2)7-21-14-5-4-11(6-18-14)15-19-12(8-22-15)13-9-23-16(17-3)20-13/h4-6,8-10H,3,7H2,1-2H3. The highest BCUT2D eigenvalue weighted by Crippen LogP contribution is 2.31. The van der Waals surface area contributed by atoms with E-state index in [1.54, 1.807) is 17.5 Å². The van der Waals surface area contributed by atoms with E-state index in [0.29, 0.717) is 23.5 Å². The minimum atomic E-state index is 0.478. The third kappa shape index (κ3) is 3.80. The van der Waals surface area contributed by atoms with Crippen LogP contribution in [0.2, 0.25) is 0 Å². The SMILES string of the molecule is C=Nc1nc(-c2csc(-c3ccc(OCC(C)C)nc3)n2)cs1. The monoisotopic (exact) mass is 344 g/mol. The summed E-state index contributed by atoms with van der Waals surface area (Å²) in [6, 6.07) is 3.85. The van der Waals surface area contributed by atoms with E-state index in [2.05, 4.69) is 40.5 Å². The molecule has 0 fully saturated rings. The highest BCUT2D eigenvalue weighted by Gasteiger charge is 2.10. The molecule has 23 heavy (non-hydrogen) atoms. The van der Waals surface area contributed by atoms with E-state index in [9.17, 15) is 0 Å². The van der Waals surface area contributed by atoms with Gasteiger partial charge in [-0.2, -0.15) is 0 Å². The first-order valence-electron chi connectivity index (χ1n) is 7.13. The van der Waals surface area contributed by atoms with Gasteiger partial charge in [0.1, 0.15) is 16.4 Å². The first-order valence-corrected chi connectivity index (χ1v) is 8.89. The summed E-state index contributed by atoms with van der Waals surface area (Å²) in [5.41, 5.74) is 2.64. The Morgan fingerprint density at radius 2 is 1.96 bits per heavy atom. The van der Waals surface area contributed by atoms with Crippen molar-refractivity contribution >= 4 is 34.5 Å². The Labute approximate surface area is 142 Å². The maximum absolute atomic E-state index is 5.59. The average Bonchev–Trinajstić information content (AvgIpc) is 3.22. The van der Waals surface area contributed by atoms with Gasteiger partial charge in [0, 0.05) is 28.6 Å². The third-order valence-corrected chi connectivity index (χ3v) is 4.61. The van der Waals surface area contributed by atoms with E-state index in [0.717, 1.165) is 22.0 Å². The quantitative estimate of drug-likeness (QED) is 0.608. The second-order valence-electron chi connectivity index (χ2n) is 5.30. The summed E-state index contributed by atoms with van der Waals surface area (Å²) in [6.45, 7) is 8.37. The molecule has 0 bridgehead atoms. The predicted octanol–water partition coefficient (Wildman–Crippen LogP) is 4.70. The van der Waals surface area contributed by atoms with Crippen LogP contribution in [0.25, 0.3) is 22.0 Å². The molecule has 0 unspecified atom stereocenters. The number of hydrogen-bond donors (Lipinski definition) is 0. The molecule has 118 valence electrons. The van der Waals surface area contributed by atoms with Crippen molar-refractivity contribution in [1.82, 2.24) is 15.0 Å². The highest BCUT2D eigenvalue weighted by atomic mass is 32.1. The molecule has 7 heteroatoms. The lowest BCUT2D eigenvalue weighted by atomic mass is 10.2. The fourth-order valence-corrected chi connectivity index (χ4v) is 3.24. The van der Waals surface area contributed by atoms with Gasteiger partial charge in [-0.15, -0.1) is 22.7 Å². The molecule has 0 spiro atoms. The molecule has 0 radical (unpaired) electrons. The zero-order valence-electron chi connectivity index (χ0n) is 12.9. The Kier molecular flexibility index (Phi) is 4.78. The van der Waals surface area contributed by atoms with Gasteiger partial charge < -0.3 is 4.74 Å². The van der Waals surface area contributed by atoms with Gasteiger partial charge in [0.2, 0.25) is 11.0 Å². The Bertz CT molecular complexity index is 793. The zero-order valence-corrected chi connectivity index (χ0v) is 14.5. The first kappa shape index (κ1) is 15.8. The van der Waals surface area contributed by atoms with Crippen LogP contribution in [0.3, 0.4) is 0 Å². The molecule has 5 nitrogen and oxygen atoms in total. The van der Waals surface area contributed by atoms with Gasteiger partial charge in [0.25, 0.3) is 0 Å². The van der Waals surface area contributed by atoms with Crippen LogP contribution in [0.1, 0.15) is 13.8 Å². The Balaban J connectivity index is 1.76. The van der Waals surface area contributed by atoms with Gasteiger partial charge in [0.15, 0.2) is 0 Å².